The summed E-state index contributed by atoms with van der Waals surface area (Å²) in [5.74, 6) is -0.732. The van der Waals surface area contributed by atoms with Crippen LogP contribution in [0.3, 0.4) is 0 Å². The molecule has 1 aliphatic rings. The van der Waals surface area contributed by atoms with Crippen LogP contribution in [0.1, 0.15) is 36.4 Å². The molecular formula is C18H18BrFN4O. The van der Waals surface area contributed by atoms with Gasteiger partial charge in [0.15, 0.2) is 11.5 Å². The van der Waals surface area contributed by atoms with Crippen molar-refractivity contribution in [2.75, 3.05) is 0 Å². The number of carbonyl (C=O) groups is 1. The van der Waals surface area contributed by atoms with Crippen LogP contribution in [0.2, 0.25) is 0 Å². The topological polar surface area (TPSA) is 80.4 Å². The summed E-state index contributed by atoms with van der Waals surface area (Å²) in [6.07, 6.45) is 1.45. The predicted molar refractivity (Wildman–Crippen MR) is 97.6 cm³/mol. The number of amides is 1. The Labute approximate surface area is 153 Å². The van der Waals surface area contributed by atoms with E-state index in [0.717, 1.165) is 24.2 Å². The normalized spacial score (nSPS) is 19.7. The zero-order valence-electron chi connectivity index (χ0n) is 13.9. The molecule has 130 valence electrons. The lowest BCUT2D eigenvalue weighted by atomic mass is 9.82. The Hall–Kier alpha value is -2.28. The Morgan fingerprint density at radius 3 is 2.28 bits per heavy atom. The van der Waals surface area contributed by atoms with Gasteiger partial charge in [0.1, 0.15) is 5.82 Å². The molecule has 1 unspecified atom stereocenters. The molecular weight excluding hydrogens is 387 g/mol. The predicted octanol–water partition coefficient (Wildman–Crippen LogP) is 2.80. The zero-order chi connectivity index (χ0) is 18.2. The number of aliphatic imine (C=N–C) groups is 1. The van der Waals surface area contributed by atoms with E-state index in [-0.39, 0.29) is 16.3 Å². The van der Waals surface area contributed by atoms with Gasteiger partial charge in [-0.15, -0.1) is 0 Å². The van der Waals surface area contributed by atoms with Gasteiger partial charge in [-0.2, -0.15) is 0 Å². The van der Waals surface area contributed by atoms with Crippen LogP contribution in [0.25, 0.3) is 0 Å². The lowest BCUT2D eigenvalue weighted by Gasteiger charge is -2.25. The van der Waals surface area contributed by atoms with E-state index in [2.05, 4.69) is 31.2 Å². The molecule has 1 aromatic carbocycles. The second kappa shape index (κ2) is 6.55. The first-order valence-electron chi connectivity index (χ1n) is 8.03. The number of aryl methyl sites for hydroxylation is 2. The maximum Gasteiger partial charge on any atom is 0.263 e. The van der Waals surface area contributed by atoms with Crippen molar-refractivity contribution in [1.29, 1.82) is 0 Å². The molecule has 0 saturated heterocycles. The molecule has 1 atom stereocenters. The van der Waals surface area contributed by atoms with Crippen LogP contribution in [-0.2, 0) is 23.2 Å². The first-order chi connectivity index (χ1) is 11.9. The highest BCUT2D eigenvalue weighted by Crippen LogP contribution is 2.38. The minimum Gasteiger partial charge on any atom is -0.370 e. The van der Waals surface area contributed by atoms with E-state index in [1.807, 2.05) is 26.0 Å². The van der Waals surface area contributed by atoms with Crippen molar-refractivity contribution in [3.63, 3.8) is 0 Å². The molecule has 0 spiro atoms. The van der Waals surface area contributed by atoms with Crippen molar-refractivity contribution in [2.24, 2.45) is 10.7 Å². The summed E-state index contributed by atoms with van der Waals surface area (Å²) in [4.78, 5) is 21.9. The molecule has 1 aliphatic heterocycles. The maximum absolute atomic E-state index is 13.7. The van der Waals surface area contributed by atoms with Gasteiger partial charge in [0.05, 0.1) is 4.47 Å². The summed E-state index contributed by atoms with van der Waals surface area (Å²) in [6, 6.07) is 8.14. The number of nitrogens with one attached hydrogen (secondary N) is 1. The van der Waals surface area contributed by atoms with Gasteiger partial charge < -0.3 is 5.73 Å². The first kappa shape index (κ1) is 17.5. The van der Waals surface area contributed by atoms with Crippen LogP contribution < -0.4 is 11.1 Å². The van der Waals surface area contributed by atoms with Gasteiger partial charge in [-0.05, 0) is 64.2 Å². The average Bonchev–Trinajstić information content (AvgIpc) is 2.91. The summed E-state index contributed by atoms with van der Waals surface area (Å²) in [7, 11) is 0. The number of pyridine rings is 1. The van der Waals surface area contributed by atoms with E-state index in [1.165, 1.54) is 6.07 Å². The molecule has 3 rings (SSSR count). The number of hydrogen-bond donors (Lipinski definition) is 2. The molecule has 0 aliphatic carbocycles. The fraction of sp³-hybridized carbons (Fsp3) is 0.278. The van der Waals surface area contributed by atoms with Crippen LogP contribution in [0.15, 0.2) is 39.8 Å². The van der Waals surface area contributed by atoms with Crippen molar-refractivity contribution in [3.05, 3.63) is 63.1 Å². The number of benzene rings is 1. The van der Waals surface area contributed by atoms with Crippen molar-refractivity contribution in [2.45, 2.75) is 32.2 Å². The molecule has 3 N–H and O–H groups in total. The molecule has 0 saturated carbocycles. The van der Waals surface area contributed by atoms with Gasteiger partial charge in [0.2, 0.25) is 0 Å². The number of aromatic nitrogens is 1. The van der Waals surface area contributed by atoms with Gasteiger partial charge in [-0.25, -0.2) is 9.38 Å². The van der Waals surface area contributed by atoms with Crippen LogP contribution in [0.5, 0.6) is 0 Å². The van der Waals surface area contributed by atoms with Gasteiger partial charge in [-0.1, -0.05) is 19.9 Å². The number of nitrogens with two attached hydrogens (primary N) is 1. The van der Waals surface area contributed by atoms with E-state index >= 15 is 0 Å². The summed E-state index contributed by atoms with van der Waals surface area (Å²) in [5, 5.41) is 2.57. The van der Waals surface area contributed by atoms with Crippen LogP contribution in [-0.4, -0.2) is 16.9 Å². The highest BCUT2D eigenvalue weighted by molar-refractivity contribution is 9.10. The Morgan fingerprint density at radius 2 is 1.80 bits per heavy atom. The fourth-order valence-electron chi connectivity index (χ4n) is 2.97. The zero-order valence-corrected chi connectivity index (χ0v) is 15.5. The highest BCUT2D eigenvalue weighted by atomic mass is 79.9. The number of rotatable bonds is 4. The van der Waals surface area contributed by atoms with Crippen molar-refractivity contribution in [3.8, 4) is 0 Å². The minimum absolute atomic E-state index is 0.0401. The number of halogens is 2. The molecule has 1 aromatic heterocycles. The van der Waals surface area contributed by atoms with Crippen LogP contribution in [0, 0.1) is 5.82 Å². The molecule has 0 bridgehead atoms. The Morgan fingerprint density at radius 1 is 1.16 bits per heavy atom. The van der Waals surface area contributed by atoms with E-state index in [1.54, 1.807) is 12.1 Å². The molecule has 25 heavy (non-hydrogen) atoms. The number of guanidine groups is 1. The number of carbonyl (C=O) groups excluding carboxylic acids is 1. The molecule has 0 fully saturated rings. The third kappa shape index (κ3) is 2.93. The Kier molecular flexibility index (Phi) is 4.60. The SMILES string of the molecule is CCc1cc(C2(c3ccc(F)c(Br)c3)N=C(N)NC2=O)cc(CC)n1. The van der Waals surface area contributed by atoms with Crippen molar-refractivity contribution < 1.29 is 9.18 Å². The van der Waals surface area contributed by atoms with E-state index < -0.39 is 11.4 Å². The minimum atomic E-state index is -1.35. The Bertz CT molecular complexity index is 861. The molecule has 2 aromatic rings. The van der Waals surface area contributed by atoms with Crippen LogP contribution in [0.4, 0.5) is 4.39 Å². The van der Waals surface area contributed by atoms with Crippen molar-refractivity contribution >= 4 is 27.8 Å². The van der Waals surface area contributed by atoms with E-state index in [9.17, 15) is 9.18 Å². The summed E-state index contributed by atoms with van der Waals surface area (Å²) in [5.41, 5.74) is 7.39. The first-order valence-corrected chi connectivity index (χ1v) is 8.82. The monoisotopic (exact) mass is 404 g/mol. The number of nitrogens with zero attached hydrogens (tertiary/aromatic N) is 2. The molecule has 1 amide bonds. The molecule has 0 radical (unpaired) electrons. The average molecular weight is 405 g/mol. The van der Waals surface area contributed by atoms with Crippen LogP contribution >= 0.6 is 15.9 Å². The highest BCUT2D eigenvalue weighted by Gasteiger charge is 2.47. The molecule has 7 heteroatoms. The summed E-state index contributed by atoms with van der Waals surface area (Å²) in [6.45, 7) is 4.00. The van der Waals surface area contributed by atoms with E-state index in [0.29, 0.717) is 11.1 Å². The lowest BCUT2D eigenvalue weighted by Crippen LogP contribution is -2.40. The second-order valence-electron chi connectivity index (χ2n) is 5.84. The largest absolute Gasteiger partial charge is 0.370 e. The second-order valence-corrected chi connectivity index (χ2v) is 6.69. The third-order valence-electron chi connectivity index (χ3n) is 4.27. The molecule has 2 heterocycles. The van der Waals surface area contributed by atoms with Gasteiger partial charge in [-0.3, -0.25) is 15.1 Å². The van der Waals surface area contributed by atoms with Gasteiger partial charge >= 0.3 is 0 Å². The van der Waals surface area contributed by atoms with Gasteiger partial charge in [0.25, 0.3) is 5.91 Å². The Balaban J connectivity index is 2.30. The maximum atomic E-state index is 13.7. The third-order valence-corrected chi connectivity index (χ3v) is 4.88. The molecule has 5 nitrogen and oxygen atoms in total. The number of hydrogen-bond acceptors (Lipinski definition) is 4. The summed E-state index contributed by atoms with van der Waals surface area (Å²) >= 11 is 3.18. The van der Waals surface area contributed by atoms with Crippen molar-refractivity contribution in [1.82, 2.24) is 10.3 Å². The fourth-order valence-corrected chi connectivity index (χ4v) is 3.34. The smallest absolute Gasteiger partial charge is 0.263 e. The van der Waals surface area contributed by atoms with E-state index in [4.69, 9.17) is 5.73 Å². The van der Waals surface area contributed by atoms with Gasteiger partial charge in [0, 0.05) is 11.4 Å². The standard InChI is InChI=1S/C18H18BrFN4O/c1-3-12-7-11(8-13(4-2)22-12)18(16(25)23-17(21)24-18)10-5-6-15(20)14(19)9-10/h5-9H,3-4H2,1-2H3,(H3,21,23,24,25). The lowest BCUT2D eigenvalue weighted by molar-refractivity contribution is -0.122. The quantitative estimate of drug-likeness (QED) is 0.821. The summed E-state index contributed by atoms with van der Waals surface area (Å²) < 4.78 is 14.0.